The van der Waals surface area contributed by atoms with E-state index in [1.807, 2.05) is 0 Å². The fraction of sp³-hybridized carbons (Fsp3) is 0.545. The van der Waals surface area contributed by atoms with Crippen LogP contribution >= 0.6 is 15.9 Å². The van der Waals surface area contributed by atoms with Crippen molar-refractivity contribution in [2.45, 2.75) is 17.7 Å². The molecule has 0 spiro atoms. The lowest BCUT2D eigenvalue weighted by Crippen LogP contribution is -2.32. The third-order valence-electron chi connectivity index (χ3n) is 3.04. The van der Waals surface area contributed by atoms with Crippen LogP contribution in [-0.4, -0.2) is 33.2 Å². The number of rotatable bonds is 4. The second kappa shape index (κ2) is 6.17. The van der Waals surface area contributed by atoms with Crippen molar-refractivity contribution < 1.29 is 13.2 Å². The van der Waals surface area contributed by atoms with E-state index >= 15 is 0 Å². The summed E-state index contributed by atoms with van der Waals surface area (Å²) in [4.78, 5) is 3.84. The van der Waals surface area contributed by atoms with Crippen molar-refractivity contribution in [1.82, 2.24) is 9.71 Å². The SMILES string of the molecule is Nc1ncc(Br)cc1S(=O)(=O)NCC1CCOCC1. The van der Waals surface area contributed by atoms with E-state index in [9.17, 15) is 8.42 Å². The number of pyridine rings is 1. The van der Waals surface area contributed by atoms with E-state index in [-0.39, 0.29) is 10.7 Å². The second-order valence-corrected chi connectivity index (χ2v) is 7.10. The van der Waals surface area contributed by atoms with Gasteiger partial charge in [-0.15, -0.1) is 0 Å². The van der Waals surface area contributed by atoms with Crippen LogP contribution in [0.2, 0.25) is 0 Å². The van der Waals surface area contributed by atoms with Crippen LogP contribution in [0.25, 0.3) is 0 Å². The quantitative estimate of drug-likeness (QED) is 0.849. The predicted molar refractivity (Wildman–Crippen MR) is 75.1 cm³/mol. The van der Waals surface area contributed by atoms with Gasteiger partial charge in [-0.3, -0.25) is 0 Å². The number of anilines is 1. The molecule has 1 saturated heterocycles. The van der Waals surface area contributed by atoms with Gasteiger partial charge in [0.1, 0.15) is 10.7 Å². The molecule has 2 rings (SSSR count). The Morgan fingerprint density at radius 2 is 2.16 bits per heavy atom. The zero-order chi connectivity index (χ0) is 13.9. The molecule has 6 nitrogen and oxygen atoms in total. The van der Waals surface area contributed by atoms with Crippen LogP contribution in [-0.2, 0) is 14.8 Å². The first-order valence-electron chi connectivity index (χ1n) is 5.97. The number of halogens is 1. The zero-order valence-corrected chi connectivity index (χ0v) is 12.7. The molecule has 1 aromatic rings. The Hall–Kier alpha value is -0.700. The fourth-order valence-corrected chi connectivity index (χ4v) is 3.61. The number of aromatic nitrogens is 1. The Morgan fingerprint density at radius 1 is 1.47 bits per heavy atom. The maximum absolute atomic E-state index is 12.2. The van der Waals surface area contributed by atoms with Gasteiger partial charge in [0.15, 0.2) is 0 Å². The molecule has 1 aromatic heterocycles. The Labute approximate surface area is 120 Å². The molecule has 0 saturated carbocycles. The summed E-state index contributed by atoms with van der Waals surface area (Å²) >= 11 is 3.19. The average molecular weight is 350 g/mol. The highest BCUT2D eigenvalue weighted by molar-refractivity contribution is 9.10. The fourth-order valence-electron chi connectivity index (χ4n) is 1.90. The summed E-state index contributed by atoms with van der Waals surface area (Å²) in [6.45, 7) is 1.78. The average Bonchev–Trinajstić information content (AvgIpc) is 2.40. The minimum Gasteiger partial charge on any atom is -0.383 e. The van der Waals surface area contributed by atoms with Crippen LogP contribution in [0.5, 0.6) is 0 Å². The molecule has 8 heteroatoms. The molecule has 0 bridgehead atoms. The highest BCUT2D eigenvalue weighted by atomic mass is 79.9. The lowest BCUT2D eigenvalue weighted by molar-refractivity contribution is 0.0678. The summed E-state index contributed by atoms with van der Waals surface area (Å²) in [5.74, 6) is 0.313. The Kier molecular flexibility index (Phi) is 4.77. The second-order valence-electron chi connectivity index (χ2n) is 4.44. The van der Waals surface area contributed by atoms with Gasteiger partial charge in [-0.05, 0) is 40.8 Å². The highest BCUT2D eigenvalue weighted by Crippen LogP contribution is 2.21. The van der Waals surface area contributed by atoms with E-state index in [1.165, 1.54) is 12.3 Å². The van der Waals surface area contributed by atoms with E-state index in [0.29, 0.717) is 30.1 Å². The summed E-state index contributed by atoms with van der Waals surface area (Å²) < 4.78 is 32.7. The molecule has 1 aliphatic heterocycles. The molecule has 0 aliphatic carbocycles. The van der Waals surface area contributed by atoms with Crippen molar-refractivity contribution in [3.8, 4) is 0 Å². The molecular formula is C11H16BrN3O3S. The number of hydrogen-bond acceptors (Lipinski definition) is 5. The summed E-state index contributed by atoms with van der Waals surface area (Å²) in [6.07, 6.45) is 3.20. The van der Waals surface area contributed by atoms with Crippen molar-refractivity contribution in [3.05, 3.63) is 16.7 Å². The van der Waals surface area contributed by atoms with E-state index in [4.69, 9.17) is 10.5 Å². The van der Waals surface area contributed by atoms with E-state index in [0.717, 1.165) is 12.8 Å². The Bertz CT molecular complexity index is 544. The molecule has 0 amide bonds. The molecule has 1 aliphatic rings. The predicted octanol–water partition coefficient (Wildman–Crippen LogP) is 1.13. The van der Waals surface area contributed by atoms with Gasteiger partial charge in [-0.2, -0.15) is 0 Å². The first kappa shape index (κ1) is 14.7. The van der Waals surface area contributed by atoms with Crippen molar-refractivity contribution in [2.75, 3.05) is 25.5 Å². The van der Waals surface area contributed by atoms with Gasteiger partial charge in [-0.25, -0.2) is 18.1 Å². The summed E-state index contributed by atoms with van der Waals surface area (Å²) in [5.41, 5.74) is 5.61. The third-order valence-corrected chi connectivity index (χ3v) is 4.93. The van der Waals surface area contributed by atoms with Gasteiger partial charge in [0.25, 0.3) is 0 Å². The van der Waals surface area contributed by atoms with Gasteiger partial charge in [0.2, 0.25) is 10.0 Å². The molecule has 3 N–H and O–H groups in total. The van der Waals surface area contributed by atoms with Crippen molar-refractivity contribution >= 4 is 31.8 Å². The van der Waals surface area contributed by atoms with Crippen molar-refractivity contribution in [3.63, 3.8) is 0 Å². The largest absolute Gasteiger partial charge is 0.383 e. The molecule has 0 atom stereocenters. The van der Waals surface area contributed by atoms with E-state index in [2.05, 4.69) is 25.6 Å². The summed E-state index contributed by atoms with van der Waals surface area (Å²) in [7, 11) is -3.62. The van der Waals surface area contributed by atoms with Crippen LogP contribution < -0.4 is 10.5 Å². The number of nitrogens with zero attached hydrogens (tertiary/aromatic N) is 1. The number of ether oxygens (including phenoxy) is 1. The van der Waals surface area contributed by atoms with Crippen LogP contribution in [0.3, 0.4) is 0 Å². The maximum atomic E-state index is 12.2. The molecule has 1 fully saturated rings. The number of nitrogen functional groups attached to an aromatic ring is 1. The molecular weight excluding hydrogens is 334 g/mol. The minimum atomic E-state index is -3.62. The standard InChI is InChI=1S/C11H16BrN3O3S/c12-9-5-10(11(13)14-7-9)19(16,17)15-6-8-1-3-18-4-2-8/h5,7-8,15H,1-4,6H2,(H2,13,14). The van der Waals surface area contributed by atoms with Crippen LogP contribution in [0.15, 0.2) is 21.6 Å². The van der Waals surface area contributed by atoms with Gasteiger partial charge < -0.3 is 10.5 Å². The normalized spacial score (nSPS) is 17.5. The van der Waals surface area contributed by atoms with Crippen molar-refractivity contribution in [1.29, 1.82) is 0 Å². The van der Waals surface area contributed by atoms with Gasteiger partial charge in [0, 0.05) is 30.4 Å². The lowest BCUT2D eigenvalue weighted by atomic mass is 10.0. The van der Waals surface area contributed by atoms with Crippen LogP contribution in [0.4, 0.5) is 5.82 Å². The monoisotopic (exact) mass is 349 g/mol. The zero-order valence-electron chi connectivity index (χ0n) is 10.3. The number of nitrogens with two attached hydrogens (primary N) is 1. The Balaban J connectivity index is 2.07. The molecule has 0 unspecified atom stereocenters. The minimum absolute atomic E-state index is 0.00248. The first-order chi connectivity index (χ1) is 8.99. The molecule has 0 aromatic carbocycles. The number of hydrogen-bond donors (Lipinski definition) is 2. The summed E-state index contributed by atoms with van der Waals surface area (Å²) in [6, 6.07) is 1.45. The van der Waals surface area contributed by atoms with Crippen LogP contribution in [0, 0.1) is 5.92 Å². The van der Waals surface area contributed by atoms with E-state index < -0.39 is 10.0 Å². The van der Waals surface area contributed by atoms with Crippen LogP contribution in [0.1, 0.15) is 12.8 Å². The topological polar surface area (TPSA) is 94.3 Å². The first-order valence-corrected chi connectivity index (χ1v) is 8.25. The molecule has 19 heavy (non-hydrogen) atoms. The number of nitrogens with one attached hydrogen (secondary N) is 1. The van der Waals surface area contributed by atoms with Crippen molar-refractivity contribution in [2.24, 2.45) is 5.92 Å². The molecule has 106 valence electrons. The lowest BCUT2D eigenvalue weighted by Gasteiger charge is -2.22. The Morgan fingerprint density at radius 3 is 2.84 bits per heavy atom. The number of sulfonamides is 1. The highest BCUT2D eigenvalue weighted by Gasteiger charge is 2.21. The van der Waals surface area contributed by atoms with Gasteiger partial charge in [0.05, 0.1) is 0 Å². The molecule has 0 radical (unpaired) electrons. The van der Waals surface area contributed by atoms with E-state index in [1.54, 1.807) is 0 Å². The van der Waals surface area contributed by atoms with Gasteiger partial charge in [-0.1, -0.05) is 0 Å². The third kappa shape index (κ3) is 3.88. The molecule has 2 heterocycles. The smallest absolute Gasteiger partial charge is 0.244 e. The van der Waals surface area contributed by atoms with Gasteiger partial charge >= 0.3 is 0 Å². The maximum Gasteiger partial charge on any atom is 0.244 e. The summed E-state index contributed by atoms with van der Waals surface area (Å²) in [5, 5.41) is 0.